The maximum absolute atomic E-state index is 5.61. The monoisotopic (exact) mass is 277 g/mol. The fourth-order valence-corrected chi connectivity index (χ4v) is 1.39. The summed E-state index contributed by atoms with van der Waals surface area (Å²) in [4.78, 5) is 3.98. The van der Waals surface area contributed by atoms with Gasteiger partial charge in [0.2, 0.25) is 0 Å². The molecule has 1 aliphatic rings. The highest BCUT2D eigenvalue weighted by Gasteiger charge is 2.20. The molecule has 0 atom stereocenters. The molecule has 1 aliphatic heterocycles. The first-order chi connectivity index (χ1) is 5.86. The first-order valence-corrected chi connectivity index (χ1v) is 4.78. The fraction of sp³-hybridized carbons (Fsp3) is 0.375. The van der Waals surface area contributed by atoms with E-state index in [9.17, 15) is 0 Å². The van der Waals surface area contributed by atoms with Crippen LogP contribution in [0.3, 0.4) is 0 Å². The van der Waals surface area contributed by atoms with Gasteiger partial charge in [-0.3, -0.25) is 4.98 Å². The summed E-state index contributed by atoms with van der Waals surface area (Å²) in [5.41, 5.74) is 0. The molecule has 1 fully saturated rings. The van der Waals surface area contributed by atoms with Crippen LogP contribution in [0.1, 0.15) is 0 Å². The van der Waals surface area contributed by atoms with Gasteiger partial charge in [0.15, 0.2) is 0 Å². The van der Waals surface area contributed by atoms with Crippen LogP contribution in [0.15, 0.2) is 18.5 Å². The van der Waals surface area contributed by atoms with E-state index in [4.69, 9.17) is 9.47 Å². The summed E-state index contributed by atoms with van der Waals surface area (Å²) in [7, 11) is 0. The van der Waals surface area contributed by atoms with E-state index in [1.807, 2.05) is 6.07 Å². The van der Waals surface area contributed by atoms with Crippen molar-refractivity contribution in [3.63, 3.8) is 0 Å². The number of hydrogen-bond acceptors (Lipinski definition) is 3. The summed E-state index contributed by atoms with van der Waals surface area (Å²) in [6, 6.07) is 1.88. The highest BCUT2D eigenvalue weighted by molar-refractivity contribution is 14.1. The summed E-state index contributed by atoms with van der Waals surface area (Å²) >= 11 is 2.21. The number of rotatable bonds is 2. The first-order valence-electron chi connectivity index (χ1n) is 3.70. The highest BCUT2D eigenvalue weighted by atomic mass is 127. The van der Waals surface area contributed by atoms with Crippen molar-refractivity contribution >= 4 is 22.6 Å². The van der Waals surface area contributed by atoms with Gasteiger partial charge >= 0.3 is 0 Å². The Balaban J connectivity index is 2.06. The van der Waals surface area contributed by atoms with Crippen LogP contribution in [0, 0.1) is 3.57 Å². The second-order valence-electron chi connectivity index (χ2n) is 2.58. The molecule has 0 aliphatic carbocycles. The van der Waals surface area contributed by atoms with Gasteiger partial charge < -0.3 is 9.47 Å². The standard InChI is InChI=1S/C8H8INO2/c9-7-3-10-2-1-8(7)12-6-4-11-5-6/h1-3,6H,4-5H2. The molecule has 2 rings (SSSR count). The lowest BCUT2D eigenvalue weighted by molar-refractivity contribution is -0.0800. The lowest BCUT2D eigenvalue weighted by atomic mass is 10.3. The van der Waals surface area contributed by atoms with Crippen LogP contribution >= 0.6 is 22.6 Å². The molecule has 3 nitrogen and oxygen atoms in total. The fourth-order valence-electron chi connectivity index (χ4n) is 0.920. The van der Waals surface area contributed by atoms with E-state index < -0.39 is 0 Å². The number of halogens is 1. The smallest absolute Gasteiger partial charge is 0.145 e. The summed E-state index contributed by atoms with van der Waals surface area (Å²) in [6.45, 7) is 1.41. The molecule has 0 amide bonds. The summed E-state index contributed by atoms with van der Waals surface area (Å²) < 4.78 is 11.7. The minimum absolute atomic E-state index is 0.237. The zero-order valence-electron chi connectivity index (χ0n) is 6.37. The van der Waals surface area contributed by atoms with Crippen molar-refractivity contribution < 1.29 is 9.47 Å². The lowest BCUT2D eigenvalue weighted by Crippen LogP contribution is -2.38. The van der Waals surface area contributed by atoms with Gasteiger partial charge in [-0.15, -0.1) is 0 Å². The Hall–Kier alpha value is -0.360. The SMILES string of the molecule is Ic1cnccc1OC1COC1. The van der Waals surface area contributed by atoms with Gasteiger partial charge in [0.05, 0.1) is 16.8 Å². The predicted molar refractivity (Wildman–Crippen MR) is 52.2 cm³/mol. The molecule has 12 heavy (non-hydrogen) atoms. The normalized spacial score (nSPS) is 17.1. The molecular formula is C8H8INO2. The molecule has 2 heterocycles. The van der Waals surface area contributed by atoms with Gasteiger partial charge in [-0.05, 0) is 28.7 Å². The van der Waals surface area contributed by atoms with Crippen LogP contribution in [-0.2, 0) is 4.74 Å². The lowest BCUT2D eigenvalue weighted by Gasteiger charge is -2.26. The molecule has 0 N–H and O–H groups in total. The van der Waals surface area contributed by atoms with Gasteiger partial charge in [0.25, 0.3) is 0 Å². The average Bonchev–Trinajstić information content (AvgIpc) is 2.00. The predicted octanol–water partition coefficient (Wildman–Crippen LogP) is 1.46. The number of ether oxygens (including phenoxy) is 2. The van der Waals surface area contributed by atoms with Crippen molar-refractivity contribution in [3.05, 3.63) is 22.0 Å². The highest BCUT2D eigenvalue weighted by Crippen LogP contribution is 2.21. The van der Waals surface area contributed by atoms with E-state index in [0.29, 0.717) is 13.2 Å². The maximum atomic E-state index is 5.61. The Labute approximate surface area is 84.2 Å². The summed E-state index contributed by atoms with van der Waals surface area (Å²) in [5, 5.41) is 0. The molecule has 0 radical (unpaired) electrons. The third-order valence-corrected chi connectivity index (χ3v) is 2.45. The number of hydrogen-bond donors (Lipinski definition) is 0. The molecule has 0 spiro atoms. The largest absolute Gasteiger partial charge is 0.484 e. The Bertz CT molecular complexity index is 276. The number of aromatic nitrogens is 1. The van der Waals surface area contributed by atoms with Gasteiger partial charge in [-0.2, -0.15) is 0 Å². The Morgan fingerprint density at radius 3 is 3.00 bits per heavy atom. The minimum Gasteiger partial charge on any atom is -0.484 e. The van der Waals surface area contributed by atoms with Crippen molar-refractivity contribution in [2.75, 3.05) is 13.2 Å². The minimum atomic E-state index is 0.237. The van der Waals surface area contributed by atoms with Crippen molar-refractivity contribution in [1.29, 1.82) is 0 Å². The Kier molecular flexibility index (Phi) is 2.45. The Morgan fingerprint density at radius 1 is 1.58 bits per heavy atom. The molecule has 1 aromatic heterocycles. The van der Waals surface area contributed by atoms with E-state index in [-0.39, 0.29) is 6.10 Å². The number of pyridine rings is 1. The maximum Gasteiger partial charge on any atom is 0.145 e. The molecule has 0 saturated carbocycles. The zero-order valence-corrected chi connectivity index (χ0v) is 8.52. The third-order valence-electron chi connectivity index (χ3n) is 1.64. The van der Waals surface area contributed by atoms with Gasteiger partial charge in [-0.25, -0.2) is 0 Å². The van der Waals surface area contributed by atoms with E-state index in [1.165, 1.54) is 0 Å². The molecule has 1 aromatic rings. The van der Waals surface area contributed by atoms with E-state index >= 15 is 0 Å². The van der Waals surface area contributed by atoms with Crippen LogP contribution in [-0.4, -0.2) is 24.3 Å². The molecular weight excluding hydrogens is 269 g/mol. The number of nitrogens with zero attached hydrogens (tertiary/aromatic N) is 1. The third kappa shape index (κ3) is 1.69. The van der Waals surface area contributed by atoms with Gasteiger partial charge in [-0.1, -0.05) is 0 Å². The topological polar surface area (TPSA) is 31.4 Å². The van der Waals surface area contributed by atoms with Crippen LogP contribution < -0.4 is 4.74 Å². The average molecular weight is 277 g/mol. The van der Waals surface area contributed by atoms with Crippen molar-refractivity contribution in [2.24, 2.45) is 0 Å². The second kappa shape index (κ2) is 3.57. The molecule has 0 bridgehead atoms. The molecule has 4 heteroatoms. The quantitative estimate of drug-likeness (QED) is 0.767. The van der Waals surface area contributed by atoms with Crippen molar-refractivity contribution in [3.8, 4) is 5.75 Å². The van der Waals surface area contributed by atoms with Crippen LogP contribution in [0.5, 0.6) is 5.75 Å². The second-order valence-corrected chi connectivity index (χ2v) is 3.75. The van der Waals surface area contributed by atoms with Crippen LogP contribution in [0.4, 0.5) is 0 Å². The molecule has 0 unspecified atom stereocenters. The molecule has 1 saturated heterocycles. The van der Waals surface area contributed by atoms with E-state index in [1.54, 1.807) is 12.4 Å². The first kappa shape index (κ1) is 8.25. The van der Waals surface area contributed by atoms with Crippen molar-refractivity contribution in [2.45, 2.75) is 6.10 Å². The van der Waals surface area contributed by atoms with Crippen LogP contribution in [0.25, 0.3) is 0 Å². The molecule has 64 valence electrons. The molecule has 0 aromatic carbocycles. The van der Waals surface area contributed by atoms with Crippen molar-refractivity contribution in [1.82, 2.24) is 4.98 Å². The summed E-state index contributed by atoms with van der Waals surface area (Å²) in [6.07, 6.45) is 3.76. The zero-order chi connectivity index (χ0) is 8.39. The van der Waals surface area contributed by atoms with Crippen LogP contribution in [0.2, 0.25) is 0 Å². The Morgan fingerprint density at radius 2 is 2.42 bits per heavy atom. The van der Waals surface area contributed by atoms with Gasteiger partial charge in [0.1, 0.15) is 11.9 Å². The summed E-state index contributed by atoms with van der Waals surface area (Å²) in [5.74, 6) is 0.902. The van der Waals surface area contributed by atoms with E-state index in [2.05, 4.69) is 27.6 Å². The van der Waals surface area contributed by atoms with E-state index in [0.717, 1.165) is 9.32 Å². The van der Waals surface area contributed by atoms with Gasteiger partial charge in [0, 0.05) is 12.4 Å².